The lowest BCUT2D eigenvalue weighted by atomic mass is 10.1. The Balaban J connectivity index is 1.60. The van der Waals surface area contributed by atoms with Gasteiger partial charge >= 0.3 is 0 Å². The average Bonchev–Trinajstić information content (AvgIpc) is 2.85. The Kier molecular flexibility index (Phi) is 7.87. The third kappa shape index (κ3) is 6.50. The third-order valence-corrected chi connectivity index (χ3v) is 6.09. The van der Waals surface area contributed by atoms with E-state index in [2.05, 4.69) is 95.5 Å². The molecule has 5 nitrogen and oxygen atoms in total. The minimum absolute atomic E-state index is 0.810. The minimum Gasteiger partial charge on any atom is -0.497 e. The van der Waals surface area contributed by atoms with Gasteiger partial charge in [-0.15, -0.1) is 0 Å². The number of nitrogens with zero attached hydrogens (tertiary/aromatic N) is 3. The Bertz CT molecular complexity index is 1030. The average molecular weight is 446 g/mol. The van der Waals surface area contributed by atoms with Crippen molar-refractivity contribution in [1.82, 2.24) is 4.90 Å². The molecule has 1 fully saturated rings. The van der Waals surface area contributed by atoms with Gasteiger partial charge < -0.3 is 19.3 Å². The molecule has 1 aliphatic heterocycles. The van der Waals surface area contributed by atoms with Crippen molar-refractivity contribution in [2.75, 3.05) is 57.3 Å². The largest absolute Gasteiger partial charge is 0.497 e. The molecule has 0 unspecified atom stereocenters. The second-order valence-electron chi connectivity index (χ2n) is 8.83. The van der Waals surface area contributed by atoms with Crippen LogP contribution in [0.1, 0.15) is 16.7 Å². The van der Waals surface area contributed by atoms with E-state index in [0.29, 0.717) is 0 Å². The molecular weight excluding hydrogens is 410 g/mol. The lowest BCUT2D eigenvalue weighted by Crippen LogP contribution is -2.35. The Morgan fingerprint density at radius 2 is 1.39 bits per heavy atom. The van der Waals surface area contributed by atoms with Crippen LogP contribution in [0.2, 0.25) is 0 Å². The van der Waals surface area contributed by atoms with E-state index in [1.165, 1.54) is 28.1 Å². The van der Waals surface area contributed by atoms with Crippen LogP contribution in [-0.2, 0) is 24.4 Å². The van der Waals surface area contributed by atoms with E-state index in [-0.39, 0.29) is 0 Å². The second kappa shape index (κ2) is 11.2. The molecule has 0 spiro atoms. The topological polar surface area (TPSA) is 28.2 Å². The molecule has 1 heterocycles. The standard InChI is InChI=1S/C28H35N3O2/c1-29(2)26-10-4-8-24(17-26)21-31(22-25-9-6-12-28(19-25)32-3)27-11-5-7-23(18-27)20-30-13-15-33-16-14-30/h4-12,17-19H,13-16,20-22H2,1-3H3. The van der Waals surface area contributed by atoms with Crippen molar-refractivity contribution in [3.05, 3.63) is 89.5 Å². The van der Waals surface area contributed by atoms with Gasteiger partial charge in [-0.3, -0.25) is 4.90 Å². The summed E-state index contributed by atoms with van der Waals surface area (Å²) in [6, 6.07) is 26.1. The zero-order valence-electron chi connectivity index (χ0n) is 20.0. The first-order chi connectivity index (χ1) is 16.1. The van der Waals surface area contributed by atoms with Crippen molar-refractivity contribution >= 4 is 11.4 Å². The normalized spacial score (nSPS) is 14.2. The Labute approximate surface area is 198 Å². The highest BCUT2D eigenvalue weighted by molar-refractivity contribution is 5.52. The Morgan fingerprint density at radius 1 is 0.788 bits per heavy atom. The monoisotopic (exact) mass is 445 g/mol. The molecule has 0 amide bonds. The van der Waals surface area contributed by atoms with Crippen LogP contribution in [0.15, 0.2) is 72.8 Å². The summed E-state index contributed by atoms with van der Waals surface area (Å²) >= 11 is 0. The molecule has 3 aromatic rings. The first-order valence-electron chi connectivity index (χ1n) is 11.6. The van der Waals surface area contributed by atoms with Gasteiger partial charge in [-0.2, -0.15) is 0 Å². The van der Waals surface area contributed by atoms with Crippen LogP contribution in [-0.4, -0.2) is 52.4 Å². The maximum Gasteiger partial charge on any atom is 0.119 e. The van der Waals surface area contributed by atoms with Crippen molar-refractivity contribution in [2.24, 2.45) is 0 Å². The molecule has 5 heteroatoms. The Hall–Kier alpha value is -3.02. The van der Waals surface area contributed by atoms with Gasteiger partial charge in [-0.25, -0.2) is 0 Å². The Morgan fingerprint density at radius 3 is 2.09 bits per heavy atom. The van der Waals surface area contributed by atoms with E-state index in [9.17, 15) is 0 Å². The highest BCUT2D eigenvalue weighted by atomic mass is 16.5. The van der Waals surface area contributed by atoms with Crippen molar-refractivity contribution in [3.63, 3.8) is 0 Å². The van der Waals surface area contributed by atoms with Crippen molar-refractivity contribution < 1.29 is 9.47 Å². The zero-order valence-corrected chi connectivity index (χ0v) is 20.0. The number of anilines is 2. The molecule has 0 saturated carbocycles. The lowest BCUT2D eigenvalue weighted by molar-refractivity contribution is 0.0342. The summed E-state index contributed by atoms with van der Waals surface area (Å²) in [4.78, 5) is 7.07. The van der Waals surface area contributed by atoms with E-state index in [4.69, 9.17) is 9.47 Å². The van der Waals surface area contributed by atoms with E-state index < -0.39 is 0 Å². The van der Waals surface area contributed by atoms with Gasteiger partial charge in [0.2, 0.25) is 0 Å². The number of hydrogen-bond donors (Lipinski definition) is 0. The predicted molar refractivity (Wildman–Crippen MR) is 136 cm³/mol. The molecule has 0 aromatic heterocycles. The van der Waals surface area contributed by atoms with Crippen molar-refractivity contribution in [1.29, 1.82) is 0 Å². The molecule has 4 rings (SSSR count). The summed E-state index contributed by atoms with van der Waals surface area (Å²) in [6.45, 7) is 6.24. The van der Waals surface area contributed by atoms with Gasteiger partial charge in [0.1, 0.15) is 5.75 Å². The van der Waals surface area contributed by atoms with Crippen LogP contribution in [0, 0.1) is 0 Å². The first-order valence-corrected chi connectivity index (χ1v) is 11.6. The molecule has 33 heavy (non-hydrogen) atoms. The van der Waals surface area contributed by atoms with Crippen LogP contribution in [0.4, 0.5) is 11.4 Å². The molecule has 0 radical (unpaired) electrons. The maximum atomic E-state index is 5.51. The van der Waals surface area contributed by atoms with Gasteiger partial charge in [0, 0.05) is 58.2 Å². The third-order valence-electron chi connectivity index (χ3n) is 6.09. The molecule has 1 saturated heterocycles. The highest BCUT2D eigenvalue weighted by Crippen LogP contribution is 2.25. The van der Waals surface area contributed by atoms with Gasteiger partial charge in [0.25, 0.3) is 0 Å². The molecule has 0 aliphatic carbocycles. The molecule has 1 aliphatic rings. The molecular formula is C28H35N3O2. The van der Waals surface area contributed by atoms with Crippen molar-refractivity contribution in [3.8, 4) is 5.75 Å². The van der Waals surface area contributed by atoms with Gasteiger partial charge in [-0.1, -0.05) is 36.4 Å². The quantitative estimate of drug-likeness (QED) is 0.472. The molecule has 0 bridgehead atoms. The fraction of sp³-hybridized carbons (Fsp3) is 0.357. The number of hydrogen-bond acceptors (Lipinski definition) is 5. The maximum absolute atomic E-state index is 5.51. The lowest BCUT2D eigenvalue weighted by Gasteiger charge is -2.29. The SMILES string of the molecule is COc1cccc(CN(Cc2cccc(N(C)C)c2)c2cccc(CN3CCOCC3)c2)c1. The molecule has 0 atom stereocenters. The van der Waals surface area contributed by atoms with E-state index in [1.54, 1.807) is 7.11 Å². The minimum atomic E-state index is 0.810. The summed E-state index contributed by atoms with van der Waals surface area (Å²) in [7, 11) is 5.89. The van der Waals surface area contributed by atoms with Crippen LogP contribution in [0.5, 0.6) is 5.75 Å². The van der Waals surface area contributed by atoms with E-state index >= 15 is 0 Å². The van der Waals surface area contributed by atoms with Crippen LogP contribution >= 0.6 is 0 Å². The number of rotatable bonds is 9. The predicted octanol–water partition coefficient (Wildman–Crippen LogP) is 4.80. The number of methoxy groups -OCH3 is 1. The van der Waals surface area contributed by atoms with Gasteiger partial charge in [-0.05, 0) is 53.1 Å². The fourth-order valence-electron chi connectivity index (χ4n) is 4.25. The summed E-state index contributed by atoms with van der Waals surface area (Å²) < 4.78 is 11.0. The summed E-state index contributed by atoms with van der Waals surface area (Å²) in [5, 5.41) is 0. The number of benzene rings is 3. The van der Waals surface area contributed by atoms with E-state index in [0.717, 1.165) is 51.7 Å². The highest BCUT2D eigenvalue weighted by Gasteiger charge is 2.14. The number of ether oxygens (including phenoxy) is 2. The molecule has 174 valence electrons. The van der Waals surface area contributed by atoms with Crippen molar-refractivity contribution in [2.45, 2.75) is 19.6 Å². The molecule has 3 aromatic carbocycles. The van der Waals surface area contributed by atoms with Gasteiger partial charge in [0.05, 0.1) is 20.3 Å². The number of morpholine rings is 1. The fourth-order valence-corrected chi connectivity index (χ4v) is 4.25. The van der Waals surface area contributed by atoms with Gasteiger partial charge in [0.15, 0.2) is 0 Å². The summed E-state index contributed by atoms with van der Waals surface area (Å²) in [6.07, 6.45) is 0. The molecule has 0 N–H and O–H groups in total. The summed E-state index contributed by atoms with van der Waals surface area (Å²) in [5.41, 5.74) is 6.32. The first kappa shape index (κ1) is 23.1. The summed E-state index contributed by atoms with van der Waals surface area (Å²) in [5.74, 6) is 0.892. The van der Waals surface area contributed by atoms with E-state index in [1.807, 2.05) is 6.07 Å². The second-order valence-corrected chi connectivity index (χ2v) is 8.83. The van der Waals surface area contributed by atoms with Crippen LogP contribution in [0.25, 0.3) is 0 Å². The zero-order chi connectivity index (χ0) is 23.0. The van der Waals surface area contributed by atoms with Crippen LogP contribution < -0.4 is 14.5 Å². The van der Waals surface area contributed by atoms with Crippen LogP contribution in [0.3, 0.4) is 0 Å². The smallest absolute Gasteiger partial charge is 0.119 e.